The van der Waals surface area contributed by atoms with Crippen molar-refractivity contribution in [3.8, 4) is 0 Å². The molecule has 1 heterocycles. The molecular weight excluding hydrogens is 200 g/mol. The third kappa shape index (κ3) is 1.94. The zero-order chi connectivity index (χ0) is 11.5. The average Bonchev–Trinajstić information content (AvgIpc) is 2.71. The lowest BCUT2D eigenvalue weighted by Gasteiger charge is -2.19. The lowest BCUT2D eigenvalue weighted by atomic mass is 10.1. The summed E-state index contributed by atoms with van der Waals surface area (Å²) in [6, 6.07) is 7.92. The minimum atomic E-state index is -0.123. The number of hydrogen-bond acceptors (Lipinski definition) is 2. The lowest BCUT2D eigenvalue weighted by molar-refractivity contribution is -0.130. The van der Waals surface area contributed by atoms with Gasteiger partial charge in [0.05, 0.1) is 0 Å². The molecule has 0 fully saturated rings. The van der Waals surface area contributed by atoms with Crippen molar-refractivity contribution in [1.29, 1.82) is 0 Å². The van der Waals surface area contributed by atoms with Gasteiger partial charge in [0, 0.05) is 25.7 Å². The number of hydrogen-bond donors (Lipinski definition) is 1. The number of amides is 1. The molecule has 1 aliphatic rings. The molecule has 16 heavy (non-hydrogen) atoms. The van der Waals surface area contributed by atoms with Crippen molar-refractivity contribution in [2.24, 2.45) is 0 Å². The molecule has 1 aliphatic heterocycles. The topological polar surface area (TPSA) is 32.3 Å². The van der Waals surface area contributed by atoms with Crippen molar-refractivity contribution in [2.75, 3.05) is 18.9 Å². The number of benzene rings is 1. The van der Waals surface area contributed by atoms with Crippen LogP contribution in [-0.2, 0) is 11.2 Å². The van der Waals surface area contributed by atoms with Crippen molar-refractivity contribution in [1.82, 2.24) is 4.90 Å². The normalized spacial score (nSPS) is 17.4. The van der Waals surface area contributed by atoms with Crippen molar-refractivity contribution >= 4 is 11.6 Å². The van der Waals surface area contributed by atoms with Gasteiger partial charge in [0.1, 0.15) is 6.04 Å². The number of fused-ring (bicyclic) bond motifs is 1. The van der Waals surface area contributed by atoms with Crippen molar-refractivity contribution < 1.29 is 4.79 Å². The second kappa shape index (κ2) is 4.39. The van der Waals surface area contributed by atoms with Crippen LogP contribution in [0.2, 0.25) is 0 Å². The number of nitrogens with zero attached hydrogens (tertiary/aromatic N) is 1. The van der Waals surface area contributed by atoms with Crippen molar-refractivity contribution in [3.63, 3.8) is 0 Å². The Kier molecular flexibility index (Phi) is 2.95. The van der Waals surface area contributed by atoms with E-state index in [2.05, 4.69) is 18.0 Å². The number of rotatable bonds is 3. The van der Waals surface area contributed by atoms with Crippen LogP contribution in [-0.4, -0.2) is 30.4 Å². The lowest BCUT2D eigenvalue weighted by Crippen LogP contribution is -2.39. The smallest absolute Gasteiger partial charge is 0.245 e. The fourth-order valence-electron chi connectivity index (χ4n) is 2.00. The summed E-state index contributed by atoms with van der Waals surface area (Å²) in [6.45, 7) is 4.23. The molecule has 2 rings (SSSR count). The van der Waals surface area contributed by atoms with E-state index in [1.165, 1.54) is 5.56 Å². The highest BCUT2D eigenvalue weighted by Crippen LogP contribution is 2.25. The molecule has 0 spiro atoms. The molecule has 1 amide bonds. The Balaban J connectivity index is 2.06. The molecule has 1 N–H and O–H groups in total. The van der Waals surface area contributed by atoms with E-state index < -0.39 is 0 Å². The number of nitrogens with one attached hydrogen (secondary N) is 1. The summed E-state index contributed by atoms with van der Waals surface area (Å²) >= 11 is 0. The Morgan fingerprint density at radius 3 is 3.06 bits per heavy atom. The third-order valence-corrected chi connectivity index (χ3v) is 2.85. The first kappa shape index (κ1) is 10.7. The fraction of sp³-hybridized carbons (Fsp3) is 0.308. The summed E-state index contributed by atoms with van der Waals surface area (Å²) in [6.07, 6.45) is 2.51. The van der Waals surface area contributed by atoms with Crippen LogP contribution in [0, 0.1) is 0 Å². The van der Waals surface area contributed by atoms with Gasteiger partial charge in [0.2, 0.25) is 5.91 Å². The van der Waals surface area contributed by atoms with E-state index in [0.29, 0.717) is 6.54 Å². The van der Waals surface area contributed by atoms with Gasteiger partial charge in [0.25, 0.3) is 0 Å². The molecule has 0 aliphatic carbocycles. The predicted molar refractivity (Wildman–Crippen MR) is 65.4 cm³/mol. The van der Waals surface area contributed by atoms with E-state index in [1.54, 1.807) is 18.0 Å². The average molecular weight is 216 g/mol. The van der Waals surface area contributed by atoms with Crippen LogP contribution in [0.4, 0.5) is 5.69 Å². The SMILES string of the molecule is C=CCN(C)C(=O)C1Cc2ccccc2N1. The molecular formula is C13H16N2O. The van der Waals surface area contributed by atoms with Crippen LogP contribution >= 0.6 is 0 Å². The Labute approximate surface area is 95.8 Å². The van der Waals surface area contributed by atoms with Gasteiger partial charge in [-0.25, -0.2) is 0 Å². The molecule has 1 aromatic rings. The van der Waals surface area contributed by atoms with Crippen LogP contribution in [0.3, 0.4) is 0 Å². The highest BCUT2D eigenvalue weighted by atomic mass is 16.2. The second-order valence-corrected chi connectivity index (χ2v) is 4.07. The summed E-state index contributed by atoms with van der Waals surface area (Å²) in [5, 5.41) is 3.25. The number of carbonyl (C=O) groups is 1. The zero-order valence-corrected chi connectivity index (χ0v) is 9.44. The maximum Gasteiger partial charge on any atom is 0.245 e. The van der Waals surface area contributed by atoms with E-state index in [1.807, 2.05) is 18.2 Å². The Morgan fingerprint density at radius 1 is 1.62 bits per heavy atom. The molecule has 84 valence electrons. The molecule has 3 nitrogen and oxygen atoms in total. The number of para-hydroxylation sites is 1. The third-order valence-electron chi connectivity index (χ3n) is 2.85. The fourth-order valence-corrected chi connectivity index (χ4v) is 2.00. The van der Waals surface area contributed by atoms with Gasteiger partial charge in [-0.3, -0.25) is 4.79 Å². The molecule has 0 saturated carbocycles. The molecule has 1 aromatic carbocycles. The first-order chi connectivity index (χ1) is 7.72. The Morgan fingerprint density at radius 2 is 2.38 bits per heavy atom. The summed E-state index contributed by atoms with van der Waals surface area (Å²) in [5.74, 6) is 0.121. The van der Waals surface area contributed by atoms with Crippen LogP contribution in [0.1, 0.15) is 5.56 Å². The molecule has 0 aromatic heterocycles. The van der Waals surface area contributed by atoms with Gasteiger partial charge in [-0.1, -0.05) is 24.3 Å². The van der Waals surface area contributed by atoms with Crippen LogP contribution < -0.4 is 5.32 Å². The Hall–Kier alpha value is -1.77. The van der Waals surface area contributed by atoms with Crippen molar-refractivity contribution in [3.05, 3.63) is 42.5 Å². The van der Waals surface area contributed by atoms with Gasteiger partial charge >= 0.3 is 0 Å². The predicted octanol–water partition coefficient (Wildman–Crippen LogP) is 1.67. The van der Waals surface area contributed by atoms with Gasteiger partial charge in [-0.05, 0) is 11.6 Å². The van der Waals surface area contributed by atoms with Crippen molar-refractivity contribution in [2.45, 2.75) is 12.5 Å². The molecule has 0 radical (unpaired) electrons. The first-order valence-corrected chi connectivity index (χ1v) is 5.42. The minimum Gasteiger partial charge on any atom is -0.373 e. The largest absolute Gasteiger partial charge is 0.373 e. The summed E-state index contributed by atoms with van der Waals surface area (Å²) in [4.78, 5) is 13.7. The van der Waals surface area contributed by atoms with E-state index in [0.717, 1.165) is 12.1 Å². The van der Waals surface area contributed by atoms with Crippen LogP contribution in [0.15, 0.2) is 36.9 Å². The highest BCUT2D eigenvalue weighted by Gasteiger charge is 2.27. The summed E-state index contributed by atoms with van der Waals surface area (Å²) < 4.78 is 0. The van der Waals surface area contributed by atoms with E-state index in [9.17, 15) is 4.79 Å². The van der Waals surface area contributed by atoms with Gasteiger partial charge < -0.3 is 10.2 Å². The molecule has 3 heteroatoms. The van der Waals surface area contributed by atoms with Gasteiger partial charge in [-0.15, -0.1) is 6.58 Å². The summed E-state index contributed by atoms with van der Waals surface area (Å²) in [7, 11) is 1.80. The minimum absolute atomic E-state index is 0.121. The highest BCUT2D eigenvalue weighted by molar-refractivity contribution is 5.87. The molecule has 1 unspecified atom stereocenters. The van der Waals surface area contributed by atoms with Gasteiger partial charge in [0.15, 0.2) is 0 Å². The standard InChI is InChI=1S/C13H16N2O/c1-3-8-15(2)13(16)12-9-10-6-4-5-7-11(10)14-12/h3-7,12,14H,1,8-9H2,2H3. The first-order valence-electron chi connectivity index (χ1n) is 5.42. The summed E-state index contributed by atoms with van der Waals surface area (Å²) in [5.41, 5.74) is 2.29. The number of anilines is 1. The second-order valence-electron chi connectivity index (χ2n) is 4.07. The maximum atomic E-state index is 12.0. The molecule has 1 atom stereocenters. The van der Waals surface area contributed by atoms with E-state index in [-0.39, 0.29) is 11.9 Å². The quantitative estimate of drug-likeness (QED) is 0.779. The van der Waals surface area contributed by atoms with E-state index >= 15 is 0 Å². The van der Waals surface area contributed by atoms with E-state index in [4.69, 9.17) is 0 Å². The maximum absolute atomic E-state index is 12.0. The van der Waals surface area contributed by atoms with Gasteiger partial charge in [-0.2, -0.15) is 0 Å². The Bertz CT molecular complexity index is 389. The van der Waals surface area contributed by atoms with Crippen LogP contribution in [0.5, 0.6) is 0 Å². The molecule has 0 bridgehead atoms. The molecule has 0 saturated heterocycles. The number of likely N-dealkylation sites (N-methyl/N-ethyl adjacent to an activating group) is 1. The monoisotopic (exact) mass is 216 g/mol. The van der Waals surface area contributed by atoms with Crippen LogP contribution in [0.25, 0.3) is 0 Å². The zero-order valence-electron chi connectivity index (χ0n) is 9.44. The number of carbonyl (C=O) groups excluding carboxylic acids is 1.